The van der Waals surface area contributed by atoms with Crippen molar-refractivity contribution in [1.29, 1.82) is 0 Å². The fraction of sp³-hybridized carbons (Fsp3) is 0.227. The van der Waals surface area contributed by atoms with E-state index in [2.05, 4.69) is 20.9 Å². The van der Waals surface area contributed by atoms with Gasteiger partial charge in [0.1, 0.15) is 11.6 Å². The highest BCUT2D eigenvalue weighted by atomic mass is 79.9. The van der Waals surface area contributed by atoms with Gasteiger partial charge in [-0.05, 0) is 30.2 Å². The molecule has 0 spiro atoms. The Morgan fingerprint density at radius 1 is 1.19 bits per heavy atom. The van der Waals surface area contributed by atoms with Crippen LogP contribution in [0, 0.1) is 5.82 Å². The second kappa shape index (κ2) is 9.74. The summed E-state index contributed by atoms with van der Waals surface area (Å²) in [5.41, 5.74) is 5.04. The molecule has 162 valence electrons. The van der Waals surface area contributed by atoms with E-state index in [0.717, 1.165) is 17.4 Å². The number of anilines is 2. The van der Waals surface area contributed by atoms with Crippen LogP contribution in [0.5, 0.6) is 0 Å². The fourth-order valence-corrected chi connectivity index (χ4v) is 3.56. The summed E-state index contributed by atoms with van der Waals surface area (Å²) in [5, 5.41) is 0. The molecule has 1 amide bonds. The molecule has 3 N–H and O–H groups in total. The summed E-state index contributed by atoms with van der Waals surface area (Å²) in [6, 6.07) is 12.9. The molecule has 7 nitrogen and oxygen atoms in total. The Morgan fingerprint density at radius 3 is 2.58 bits per heavy atom. The van der Waals surface area contributed by atoms with Gasteiger partial charge in [-0.15, -0.1) is 0 Å². The van der Waals surface area contributed by atoms with Gasteiger partial charge < -0.3 is 5.73 Å². The van der Waals surface area contributed by atoms with E-state index < -0.39 is 23.0 Å². The molecule has 9 heteroatoms. The molecule has 0 saturated heterocycles. The SMILES string of the molecule is CCCCn1c(N)c(N(Cc2ccccc2)C(=O)c2cc(Br)ccc2F)c(=O)[nH]c1=O. The molecule has 3 aromatic rings. The van der Waals surface area contributed by atoms with Crippen LogP contribution in [-0.4, -0.2) is 15.5 Å². The van der Waals surface area contributed by atoms with Crippen LogP contribution in [0.3, 0.4) is 0 Å². The highest BCUT2D eigenvalue weighted by Crippen LogP contribution is 2.25. The zero-order valence-corrected chi connectivity index (χ0v) is 18.5. The first-order valence-corrected chi connectivity index (χ1v) is 10.6. The standard InChI is InChI=1S/C22H22BrFN4O3/c1-2-3-11-27-19(25)18(20(29)26-22(27)31)28(13-14-7-5-4-6-8-14)21(30)16-12-15(23)9-10-17(16)24/h4-10,12H,2-3,11,13,25H2,1H3,(H,26,29,31). The predicted octanol–water partition coefficient (Wildman–Crippen LogP) is 3.67. The van der Waals surface area contributed by atoms with Gasteiger partial charge in [0.15, 0.2) is 5.69 Å². The van der Waals surface area contributed by atoms with Crippen LogP contribution in [0.1, 0.15) is 35.7 Å². The summed E-state index contributed by atoms with van der Waals surface area (Å²) in [4.78, 5) is 41.8. The number of nitrogens with two attached hydrogens (primary N) is 1. The number of benzene rings is 2. The van der Waals surface area contributed by atoms with Gasteiger partial charge in [0.05, 0.1) is 12.1 Å². The van der Waals surface area contributed by atoms with Gasteiger partial charge in [0.25, 0.3) is 11.5 Å². The lowest BCUT2D eigenvalue weighted by atomic mass is 10.1. The Morgan fingerprint density at radius 2 is 1.90 bits per heavy atom. The summed E-state index contributed by atoms with van der Waals surface area (Å²) >= 11 is 3.24. The minimum Gasteiger partial charge on any atom is -0.383 e. The van der Waals surface area contributed by atoms with Crippen LogP contribution in [-0.2, 0) is 13.1 Å². The average Bonchev–Trinajstić information content (AvgIpc) is 2.74. The molecule has 0 atom stereocenters. The van der Waals surface area contributed by atoms with Crippen LogP contribution in [0.25, 0.3) is 0 Å². The Kier molecular flexibility index (Phi) is 7.06. The molecule has 0 aliphatic rings. The Bertz CT molecular complexity index is 1210. The van der Waals surface area contributed by atoms with Crippen molar-refractivity contribution in [3.8, 4) is 0 Å². The van der Waals surface area contributed by atoms with E-state index in [4.69, 9.17) is 5.73 Å². The summed E-state index contributed by atoms with van der Waals surface area (Å²) in [6.45, 7) is 2.20. The number of carbonyl (C=O) groups is 1. The number of hydrogen-bond acceptors (Lipinski definition) is 4. The van der Waals surface area contributed by atoms with Gasteiger partial charge in [-0.25, -0.2) is 9.18 Å². The molecule has 0 saturated carbocycles. The van der Waals surface area contributed by atoms with Crippen molar-refractivity contribution in [3.05, 3.63) is 90.8 Å². The minimum absolute atomic E-state index is 0.0368. The van der Waals surface area contributed by atoms with Gasteiger partial charge >= 0.3 is 5.69 Å². The van der Waals surface area contributed by atoms with Gasteiger partial charge in [-0.2, -0.15) is 0 Å². The zero-order valence-electron chi connectivity index (χ0n) is 16.9. The van der Waals surface area contributed by atoms with Crippen molar-refractivity contribution in [2.24, 2.45) is 0 Å². The summed E-state index contributed by atoms with van der Waals surface area (Å²) in [7, 11) is 0. The molecular formula is C22H22BrFN4O3. The molecular weight excluding hydrogens is 467 g/mol. The summed E-state index contributed by atoms with van der Waals surface area (Å²) in [5.74, 6) is -1.62. The third kappa shape index (κ3) is 4.93. The number of nitrogens with zero attached hydrogens (tertiary/aromatic N) is 2. The first-order chi connectivity index (χ1) is 14.8. The second-order valence-corrected chi connectivity index (χ2v) is 7.92. The monoisotopic (exact) mass is 488 g/mol. The van der Waals surface area contributed by atoms with E-state index in [1.54, 1.807) is 24.3 Å². The molecule has 31 heavy (non-hydrogen) atoms. The van der Waals surface area contributed by atoms with Crippen molar-refractivity contribution < 1.29 is 9.18 Å². The molecule has 0 bridgehead atoms. The lowest BCUT2D eigenvalue weighted by molar-refractivity contribution is 0.0980. The number of rotatable bonds is 7. The van der Waals surface area contributed by atoms with Crippen molar-refractivity contribution in [2.45, 2.75) is 32.9 Å². The Hall–Kier alpha value is -3.20. The number of unbranched alkanes of at least 4 members (excludes halogenated alkanes) is 1. The van der Waals surface area contributed by atoms with Gasteiger partial charge in [0, 0.05) is 11.0 Å². The highest BCUT2D eigenvalue weighted by molar-refractivity contribution is 9.10. The highest BCUT2D eigenvalue weighted by Gasteiger charge is 2.27. The maximum absolute atomic E-state index is 14.5. The smallest absolute Gasteiger partial charge is 0.330 e. The molecule has 1 heterocycles. The lowest BCUT2D eigenvalue weighted by Crippen LogP contribution is -2.41. The second-order valence-electron chi connectivity index (χ2n) is 7.00. The van der Waals surface area contributed by atoms with E-state index >= 15 is 0 Å². The van der Waals surface area contributed by atoms with Crippen LogP contribution < -0.4 is 21.9 Å². The van der Waals surface area contributed by atoms with Crippen molar-refractivity contribution in [2.75, 3.05) is 10.6 Å². The average molecular weight is 489 g/mol. The molecule has 0 radical (unpaired) electrons. The number of nitrogen functional groups attached to an aromatic ring is 1. The number of hydrogen-bond donors (Lipinski definition) is 2. The maximum Gasteiger partial charge on any atom is 0.330 e. The third-order valence-electron chi connectivity index (χ3n) is 4.81. The maximum atomic E-state index is 14.5. The van der Waals surface area contributed by atoms with Gasteiger partial charge in [0.2, 0.25) is 0 Å². The zero-order chi connectivity index (χ0) is 22.5. The molecule has 1 aromatic heterocycles. The first kappa shape index (κ1) is 22.5. The van der Waals surface area contributed by atoms with Crippen molar-refractivity contribution >= 4 is 33.3 Å². The fourth-order valence-electron chi connectivity index (χ4n) is 3.20. The van der Waals surface area contributed by atoms with Gasteiger partial charge in [-0.3, -0.25) is 24.0 Å². The third-order valence-corrected chi connectivity index (χ3v) is 5.30. The van der Waals surface area contributed by atoms with E-state index in [1.807, 2.05) is 13.0 Å². The number of nitrogens with one attached hydrogen (secondary N) is 1. The van der Waals surface area contributed by atoms with Crippen molar-refractivity contribution in [1.82, 2.24) is 9.55 Å². The largest absolute Gasteiger partial charge is 0.383 e. The van der Waals surface area contributed by atoms with Crippen LogP contribution >= 0.6 is 15.9 Å². The Labute approximate surface area is 186 Å². The minimum atomic E-state index is -0.810. The van der Waals surface area contributed by atoms with Gasteiger partial charge in [-0.1, -0.05) is 59.6 Å². The molecule has 0 fully saturated rings. The van der Waals surface area contributed by atoms with E-state index in [1.165, 1.54) is 16.7 Å². The normalized spacial score (nSPS) is 10.8. The van der Waals surface area contributed by atoms with E-state index in [-0.39, 0.29) is 30.2 Å². The van der Waals surface area contributed by atoms with E-state index in [9.17, 15) is 18.8 Å². The van der Waals surface area contributed by atoms with Crippen LogP contribution in [0.4, 0.5) is 15.9 Å². The number of aromatic nitrogens is 2. The van der Waals surface area contributed by atoms with E-state index in [0.29, 0.717) is 16.5 Å². The Balaban J connectivity index is 2.19. The number of halogens is 2. The van der Waals surface area contributed by atoms with Crippen molar-refractivity contribution in [3.63, 3.8) is 0 Å². The number of carbonyl (C=O) groups excluding carboxylic acids is 1. The molecule has 0 aliphatic heterocycles. The number of H-pyrrole nitrogens is 1. The predicted molar refractivity (Wildman–Crippen MR) is 122 cm³/mol. The summed E-state index contributed by atoms with van der Waals surface area (Å²) < 4.78 is 16.2. The molecule has 0 aliphatic carbocycles. The lowest BCUT2D eigenvalue weighted by Gasteiger charge is -2.25. The van der Waals surface area contributed by atoms with Crippen LogP contribution in [0.15, 0.2) is 62.6 Å². The molecule has 0 unspecified atom stereocenters. The molecule has 3 rings (SSSR count). The topological polar surface area (TPSA) is 101 Å². The first-order valence-electron chi connectivity index (χ1n) is 9.77. The van der Waals surface area contributed by atoms with Crippen LogP contribution in [0.2, 0.25) is 0 Å². The number of amides is 1. The summed E-state index contributed by atoms with van der Waals surface area (Å²) in [6.07, 6.45) is 1.46. The molecule has 2 aromatic carbocycles. The number of aromatic amines is 1. The quantitative estimate of drug-likeness (QED) is 0.529.